The van der Waals surface area contributed by atoms with Gasteiger partial charge in [0, 0.05) is 12.8 Å². The molecule has 4 aliphatic rings. The fourth-order valence-corrected chi connectivity index (χ4v) is 5.90. The molecule has 1 aromatic heterocycles. The molecule has 4 aliphatic carbocycles. The molecule has 0 aliphatic heterocycles. The lowest BCUT2D eigenvalue weighted by molar-refractivity contribution is -0.173. The second-order valence-corrected chi connectivity index (χ2v) is 8.59. The summed E-state index contributed by atoms with van der Waals surface area (Å²) in [5, 5.41) is 19.0. The van der Waals surface area contributed by atoms with Crippen LogP contribution in [0.4, 0.5) is 0 Å². The monoisotopic (exact) mass is 323 g/mol. The molecular formula is C16H25N3O2S. The van der Waals surface area contributed by atoms with Crippen molar-refractivity contribution < 1.29 is 9.84 Å². The van der Waals surface area contributed by atoms with E-state index in [1.165, 1.54) is 50.3 Å². The molecule has 0 radical (unpaired) electrons. The first-order chi connectivity index (χ1) is 10.6. The van der Waals surface area contributed by atoms with Crippen LogP contribution in [0, 0.1) is 17.8 Å². The average molecular weight is 323 g/mol. The number of hydrogen-bond acceptors (Lipinski definition) is 5. The van der Waals surface area contributed by atoms with Crippen molar-refractivity contribution in [1.29, 1.82) is 0 Å². The summed E-state index contributed by atoms with van der Waals surface area (Å²) in [7, 11) is 1.92. The largest absolute Gasteiger partial charge is 0.390 e. The van der Waals surface area contributed by atoms with Gasteiger partial charge in [0.1, 0.15) is 6.33 Å². The van der Waals surface area contributed by atoms with Crippen molar-refractivity contribution in [3.8, 4) is 0 Å². The first kappa shape index (κ1) is 15.0. The topological polar surface area (TPSA) is 60.2 Å². The van der Waals surface area contributed by atoms with Gasteiger partial charge < -0.3 is 14.4 Å². The number of thioether (sulfide) groups is 1. The molecule has 1 unspecified atom stereocenters. The molecule has 0 amide bonds. The van der Waals surface area contributed by atoms with E-state index >= 15 is 0 Å². The molecule has 4 bridgehead atoms. The van der Waals surface area contributed by atoms with E-state index in [4.69, 9.17) is 4.74 Å². The zero-order chi connectivity index (χ0) is 15.2. The molecule has 4 saturated carbocycles. The molecule has 6 heteroatoms. The second kappa shape index (κ2) is 5.80. The Kier molecular flexibility index (Phi) is 3.95. The number of aliphatic hydroxyl groups excluding tert-OH is 1. The van der Waals surface area contributed by atoms with Crippen LogP contribution < -0.4 is 0 Å². The Labute approximate surface area is 135 Å². The van der Waals surface area contributed by atoms with Crippen molar-refractivity contribution in [3.63, 3.8) is 0 Å². The standard InChI is InChI=1S/C16H25N3O2S/c1-19-10-17-18-15(19)22-9-14(20)8-21-16-5-11-2-12(6-16)4-13(3-11)7-16/h10-14,20H,2-9H2,1H3. The first-order valence-electron chi connectivity index (χ1n) is 8.41. The molecule has 5 nitrogen and oxygen atoms in total. The summed E-state index contributed by atoms with van der Waals surface area (Å²) in [5.74, 6) is 3.27. The zero-order valence-electron chi connectivity index (χ0n) is 13.1. The predicted octanol–water partition coefficient (Wildman–Crippen LogP) is 2.25. The van der Waals surface area contributed by atoms with Crippen LogP contribution in [-0.4, -0.2) is 43.9 Å². The van der Waals surface area contributed by atoms with E-state index in [1.807, 2.05) is 11.6 Å². The minimum atomic E-state index is -0.435. The predicted molar refractivity (Wildman–Crippen MR) is 84.6 cm³/mol. The fourth-order valence-electron chi connectivity index (χ4n) is 5.10. The molecule has 1 aromatic rings. The van der Waals surface area contributed by atoms with Gasteiger partial charge in [-0.2, -0.15) is 0 Å². The summed E-state index contributed by atoms with van der Waals surface area (Å²) in [6.07, 6.45) is 9.19. The normalized spacial score (nSPS) is 37.6. The molecule has 5 rings (SSSR count). The van der Waals surface area contributed by atoms with Crippen LogP contribution in [0.5, 0.6) is 0 Å². The Morgan fingerprint density at radius 1 is 1.32 bits per heavy atom. The Morgan fingerprint density at radius 3 is 2.50 bits per heavy atom. The molecular weight excluding hydrogens is 298 g/mol. The van der Waals surface area contributed by atoms with Crippen LogP contribution in [0.1, 0.15) is 38.5 Å². The van der Waals surface area contributed by atoms with E-state index in [1.54, 1.807) is 6.33 Å². The van der Waals surface area contributed by atoms with Gasteiger partial charge in [0.2, 0.25) is 0 Å². The van der Waals surface area contributed by atoms with Crippen molar-refractivity contribution in [1.82, 2.24) is 14.8 Å². The highest BCUT2D eigenvalue weighted by Gasteiger charge is 2.51. The van der Waals surface area contributed by atoms with Gasteiger partial charge >= 0.3 is 0 Å². The minimum absolute atomic E-state index is 0.0885. The maximum Gasteiger partial charge on any atom is 0.190 e. The van der Waals surface area contributed by atoms with E-state index in [-0.39, 0.29) is 5.60 Å². The van der Waals surface area contributed by atoms with Gasteiger partial charge in [-0.15, -0.1) is 10.2 Å². The third-order valence-corrected chi connectivity index (χ3v) is 6.82. The molecule has 1 atom stereocenters. The van der Waals surface area contributed by atoms with Gasteiger partial charge in [-0.3, -0.25) is 0 Å². The summed E-state index contributed by atoms with van der Waals surface area (Å²) < 4.78 is 8.17. The number of aryl methyl sites for hydroxylation is 1. The molecule has 4 fully saturated rings. The molecule has 1 heterocycles. The van der Waals surface area contributed by atoms with Crippen LogP contribution in [0.2, 0.25) is 0 Å². The summed E-state index contributed by atoms with van der Waals surface area (Å²) in [6, 6.07) is 0. The van der Waals surface area contributed by atoms with Crippen LogP contribution in [-0.2, 0) is 11.8 Å². The van der Waals surface area contributed by atoms with Gasteiger partial charge in [0.25, 0.3) is 0 Å². The van der Waals surface area contributed by atoms with Gasteiger partial charge in [-0.05, 0) is 56.3 Å². The average Bonchev–Trinajstić information content (AvgIpc) is 2.87. The maximum atomic E-state index is 10.2. The Hall–Kier alpha value is -0.590. The van der Waals surface area contributed by atoms with Crippen molar-refractivity contribution in [2.45, 2.75) is 55.4 Å². The van der Waals surface area contributed by atoms with E-state index < -0.39 is 6.10 Å². The quantitative estimate of drug-likeness (QED) is 0.814. The van der Waals surface area contributed by atoms with E-state index in [2.05, 4.69) is 10.2 Å². The van der Waals surface area contributed by atoms with E-state index in [0.717, 1.165) is 22.9 Å². The highest BCUT2D eigenvalue weighted by molar-refractivity contribution is 7.99. The lowest BCUT2D eigenvalue weighted by atomic mass is 9.54. The molecule has 0 saturated heterocycles. The Bertz CT molecular complexity index is 498. The number of aromatic nitrogens is 3. The van der Waals surface area contributed by atoms with E-state index in [0.29, 0.717) is 12.4 Å². The maximum absolute atomic E-state index is 10.2. The van der Waals surface area contributed by atoms with Crippen molar-refractivity contribution in [2.24, 2.45) is 24.8 Å². The second-order valence-electron chi connectivity index (χ2n) is 7.60. The number of ether oxygens (including phenoxy) is 1. The number of rotatable bonds is 6. The van der Waals surface area contributed by atoms with Crippen molar-refractivity contribution in [2.75, 3.05) is 12.4 Å². The Balaban J connectivity index is 1.28. The highest BCUT2D eigenvalue weighted by Crippen LogP contribution is 2.57. The number of nitrogens with zero attached hydrogens (tertiary/aromatic N) is 3. The summed E-state index contributed by atoms with van der Waals surface area (Å²) in [6.45, 7) is 0.455. The zero-order valence-corrected chi connectivity index (χ0v) is 14.0. The van der Waals surface area contributed by atoms with Gasteiger partial charge in [-0.1, -0.05) is 11.8 Å². The first-order valence-corrected chi connectivity index (χ1v) is 9.39. The Morgan fingerprint density at radius 2 is 1.95 bits per heavy atom. The number of aliphatic hydroxyl groups is 1. The van der Waals surface area contributed by atoms with Gasteiger partial charge in [0.05, 0.1) is 18.3 Å². The van der Waals surface area contributed by atoms with Crippen LogP contribution >= 0.6 is 11.8 Å². The molecule has 122 valence electrons. The van der Waals surface area contributed by atoms with Gasteiger partial charge in [-0.25, -0.2) is 0 Å². The number of hydrogen-bond donors (Lipinski definition) is 1. The van der Waals surface area contributed by atoms with Crippen LogP contribution in [0.15, 0.2) is 11.5 Å². The summed E-state index contributed by atoms with van der Waals surface area (Å²) in [5.41, 5.74) is 0.0885. The van der Waals surface area contributed by atoms with Crippen molar-refractivity contribution >= 4 is 11.8 Å². The molecule has 1 N–H and O–H groups in total. The SMILES string of the molecule is Cn1cnnc1SCC(O)COC12CC3CC(CC(C3)C1)C2. The van der Waals surface area contributed by atoms with Crippen molar-refractivity contribution in [3.05, 3.63) is 6.33 Å². The molecule has 22 heavy (non-hydrogen) atoms. The summed E-state index contributed by atoms with van der Waals surface area (Å²) in [4.78, 5) is 0. The molecule has 0 spiro atoms. The van der Waals surface area contributed by atoms with Gasteiger partial charge in [0.15, 0.2) is 5.16 Å². The fraction of sp³-hybridized carbons (Fsp3) is 0.875. The summed E-state index contributed by atoms with van der Waals surface area (Å²) >= 11 is 1.54. The lowest BCUT2D eigenvalue weighted by Crippen LogP contribution is -2.52. The third kappa shape index (κ3) is 2.93. The lowest BCUT2D eigenvalue weighted by Gasteiger charge is -2.56. The van der Waals surface area contributed by atoms with E-state index in [9.17, 15) is 5.11 Å². The van der Waals surface area contributed by atoms with Crippen LogP contribution in [0.25, 0.3) is 0 Å². The van der Waals surface area contributed by atoms with Crippen LogP contribution in [0.3, 0.4) is 0 Å². The highest BCUT2D eigenvalue weighted by atomic mass is 32.2. The minimum Gasteiger partial charge on any atom is -0.390 e. The third-order valence-electron chi connectivity index (χ3n) is 5.64. The smallest absolute Gasteiger partial charge is 0.190 e. The molecule has 0 aromatic carbocycles.